The minimum absolute atomic E-state index is 0.382. The van der Waals surface area contributed by atoms with E-state index in [4.69, 9.17) is 11.6 Å². The third-order valence-corrected chi connectivity index (χ3v) is 2.85. The average molecular weight is 250 g/mol. The van der Waals surface area contributed by atoms with Crippen LogP contribution in [0.1, 0.15) is 15.9 Å². The lowest BCUT2D eigenvalue weighted by atomic mass is 10.1. The van der Waals surface area contributed by atoms with E-state index >= 15 is 0 Å². The molecule has 1 aliphatic rings. The third kappa shape index (κ3) is 2.11. The van der Waals surface area contributed by atoms with Gasteiger partial charge in [0.1, 0.15) is 0 Å². The Morgan fingerprint density at radius 3 is 2.76 bits per heavy atom. The van der Waals surface area contributed by atoms with Crippen LogP contribution in [0.4, 0.5) is 5.69 Å². The molecule has 0 unspecified atom stereocenters. The number of nitrogens with zero attached hydrogens (tertiary/aromatic N) is 1. The highest BCUT2D eigenvalue weighted by Crippen LogP contribution is 2.29. The van der Waals surface area contributed by atoms with Crippen molar-refractivity contribution in [2.75, 3.05) is 17.3 Å². The van der Waals surface area contributed by atoms with Gasteiger partial charge in [-0.25, -0.2) is 0 Å². The maximum atomic E-state index is 11.8. The standard InChI is InChI=1S/C13H12ClNO2/c1-9-4-5-11-10(8-9)12(16)13(17)15(11)7-3-2-6-14/h2-5,8H,6-7H2,1H3. The first-order valence-electron chi connectivity index (χ1n) is 5.33. The molecule has 3 nitrogen and oxygen atoms in total. The van der Waals surface area contributed by atoms with E-state index in [-0.39, 0.29) is 0 Å². The summed E-state index contributed by atoms with van der Waals surface area (Å²) >= 11 is 5.52. The Morgan fingerprint density at radius 1 is 1.29 bits per heavy atom. The molecule has 0 fully saturated rings. The molecule has 0 N–H and O–H groups in total. The summed E-state index contributed by atoms with van der Waals surface area (Å²) in [6.07, 6.45) is 3.54. The SMILES string of the molecule is Cc1ccc2c(c1)C(=O)C(=O)N2CC=CCCl. The number of allylic oxidation sites excluding steroid dienone is 1. The number of hydrogen-bond acceptors (Lipinski definition) is 2. The third-order valence-electron chi connectivity index (χ3n) is 2.67. The van der Waals surface area contributed by atoms with E-state index < -0.39 is 11.7 Å². The van der Waals surface area contributed by atoms with Crippen molar-refractivity contribution in [2.45, 2.75) is 6.92 Å². The number of hydrogen-bond donors (Lipinski definition) is 0. The van der Waals surface area contributed by atoms with Crippen LogP contribution >= 0.6 is 11.6 Å². The van der Waals surface area contributed by atoms with Gasteiger partial charge in [0.05, 0.1) is 11.3 Å². The van der Waals surface area contributed by atoms with E-state index in [9.17, 15) is 9.59 Å². The number of fused-ring (bicyclic) bond motifs is 1. The summed E-state index contributed by atoms with van der Waals surface area (Å²) in [7, 11) is 0. The summed E-state index contributed by atoms with van der Waals surface area (Å²) < 4.78 is 0. The van der Waals surface area contributed by atoms with Gasteiger partial charge in [-0.1, -0.05) is 23.8 Å². The quantitative estimate of drug-likeness (QED) is 0.468. The van der Waals surface area contributed by atoms with Crippen LogP contribution in [0, 0.1) is 6.92 Å². The summed E-state index contributed by atoms with van der Waals surface area (Å²) in [4.78, 5) is 25.0. The second-order valence-electron chi connectivity index (χ2n) is 3.89. The van der Waals surface area contributed by atoms with Gasteiger partial charge >= 0.3 is 0 Å². The van der Waals surface area contributed by atoms with Crippen LogP contribution in [-0.2, 0) is 4.79 Å². The molecule has 0 bridgehead atoms. The Kier molecular flexibility index (Phi) is 3.29. The van der Waals surface area contributed by atoms with Crippen LogP contribution < -0.4 is 4.90 Å². The summed E-state index contributed by atoms with van der Waals surface area (Å²) in [6.45, 7) is 2.28. The summed E-state index contributed by atoms with van der Waals surface area (Å²) in [5.41, 5.74) is 2.15. The summed E-state index contributed by atoms with van der Waals surface area (Å²) in [5.74, 6) is -0.496. The Hall–Kier alpha value is -1.61. The topological polar surface area (TPSA) is 37.4 Å². The number of benzene rings is 1. The molecule has 17 heavy (non-hydrogen) atoms. The maximum absolute atomic E-state index is 11.8. The van der Waals surface area contributed by atoms with Gasteiger partial charge in [0.2, 0.25) is 0 Å². The molecule has 88 valence electrons. The number of rotatable bonds is 3. The number of carbonyl (C=O) groups excluding carboxylic acids is 2. The van der Waals surface area contributed by atoms with Crippen LogP contribution in [0.3, 0.4) is 0 Å². The van der Waals surface area contributed by atoms with E-state index in [2.05, 4.69) is 0 Å². The lowest BCUT2D eigenvalue weighted by molar-refractivity contribution is -0.114. The van der Waals surface area contributed by atoms with E-state index in [0.717, 1.165) is 5.56 Å². The minimum atomic E-state index is -0.468. The smallest absolute Gasteiger partial charge is 0.299 e. The first-order chi connectivity index (χ1) is 8.15. The lowest BCUT2D eigenvalue weighted by Gasteiger charge is -2.13. The molecule has 1 heterocycles. The second-order valence-corrected chi connectivity index (χ2v) is 4.20. The van der Waals surface area contributed by atoms with Gasteiger partial charge in [0.25, 0.3) is 11.7 Å². The fourth-order valence-corrected chi connectivity index (χ4v) is 1.96. The van der Waals surface area contributed by atoms with Crippen molar-refractivity contribution in [3.8, 4) is 0 Å². The van der Waals surface area contributed by atoms with E-state index in [1.165, 1.54) is 4.90 Å². The Labute approximate surface area is 105 Å². The highest BCUT2D eigenvalue weighted by molar-refractivity contribution is 6.52. The van der Waals surface area contributed by atoms with E-state index in [1.54, 1.807) is 18.2 Å². The number of ketones is 1. The van der Waals surface area contributed by atoms with Gasteiger partial charge in [-0.15, -0.1) is 11.6 Å². The largest absolute Gasteiger partial charge is 0.301 e. The molecular formula is C13H12ClNO2. The molecule has 0 saturated heterocycles. The molecular weight excluding hydrogens is 238 g/mol. The van der Waals surface area contributed by atoms with Gasteiger partial charge in [-0.05, 0) is 19.1 Å². The Balaban J connectivity index is 2.34. The number of amides is 1. The van der Waals surface area contributed by atoms with Gasteiger partial charge < -0.3 is 4.90 Å². The van der Waals surface area contributed by atoms with Gasteiger partial charge in [-0.3, -0.25) is 9.59 Å². The number of Topliss-reactive ketones (excluding diaryl/α,β-unsaturated/α-hetero) is 1. The Morgan fingerprint density at radius 2 is 2.06 bits per heavy atom. The number of halogens is 1. The number of aryl methyl sites for hydroxylation is 1. The van der Waals surface area contributed by atoms with Gasteiger partial charge in [-0.2, -0.15) is 0 Å². The summed E-state index contributed by atoms with van der Waals surface area (Å²) in [6, 6.07) is 5.45. The fourth-order valence-electron chi connectivity index (χ4n) is 1.84. The van der Waals surface area contributed by atoms with Gasteiger partial charge in [0, 0.05) is 12.4 Å². The van der Waals surface area contributed by atoms with Crippen LogP contribution in [0.25, 0.3) is 0 Å². The number of alkyl halides is 1. The number of carbonyl (C=O) groups is 2. The Bertz CT molecular complexity index is 508. The van der Waals surface area contributed by atoms with Crippen LogP contribution in [-0.4, -0.2) is 24.1 Å². The monoisotopic (exact) mass is 249 g/mol. The second kappa shape index (κ2) is 4.72. The molecule has 0 aliphatic carbocycles. The highest BCUT2D eigenvalue weighted by atomic mass is 35.5. The molecule has 2 rings (SSSR count). The molecule has 1 aromatic rings. The van der Waals surface area contributed by atoms with Crippen LogP contribution in [0.5, 0.6) is 0 Å². The van der Waals surface area contributed by atoms with Crippen molar-refractivity contribution in [3.05, 3.63) is 41.5 Å². The average Bonchev–Trinajstić information content (AvgIpc) is 2.54. The molecule has 1 amide bonds. The van der Waals surface area contributed by atoms with Crippen molar-refractivity contribution in [3.63, 3.8) is 0 Å². The molecule has 0 aromatic heterocycles. The van der Waals surface area contributed by atoms with E-state index in [1.807, 2.05) is 19.1 Å². The minimum Gasteiger partial charge on any atom is -0.301 e. The van der Waals surface area contributed by atoms with Crippen molar-refractivity contribution in [2.24, 2.45) is 0 Å². The predicted octanol–water partition coefficient (Wildman–Crippen LogP) is 2.32. The molecule has 0 saturated carbocycles. The molecule has 1 aliphatic heterocycles. The van der Waals surface area contributed by atoms with Crippen molar-refractivity contribution < 1.29 is 9.59 Å². The maximum Gasteiger partial charge on any atom is 0.299 e. The van der Waals surface area contributed by atoms with Crippen LogP contribution in [0.2, 0.25) is 0 Å². The molecule has 4 heteroatoms. The zero-order valence-corrected chi connectivity index (χ0v) is 10.2. The zero-order valence-electron chi connectivity index (χ0n) is 9.44. The predicted molar refractivity (Wildman–Crippen MR) is 67.7 cm³/mol. The lowest BCUT2D eigenvalue weighted by Crippen LogP contribution is -2.29. The first kappa shape index (κ1) is 11.9. The van der Waals surface area contributed by atoms with Crippen molar-refractivity contribution >= 4 is 29.0 Å². The highest BCUT2D eigenvalue weighted by Gasteiger charge is 2.34. The van der Waals surface area contributed by atoms with Gasteiger partial charge in [0.15, 0.2) is 0 Å². The van der Waals surface area contributed by atoms with Crippen molar-refractivity contribution in [1.29, 1.82) is 0 Å². The molecule has 0 radical (unpaired) electrons. The van der Waals surface area contributed by atoms with E-state index in [0.29, 0.717) is 23.7 Å². The fraction of sp³-hybridized carbons (Fsp3) is 0.231. The molecule has 0 spiro atoms. The summed E-state index contributed by atoms with van der Waals surface area (Å²) in [5, 5.41) is 0. The molecule has 0 atom stereocenters. The normalized spacial score (nSPS) is 14.8. The van der Waals surface area contributed by atoms with Crippen molar-refractivity contribution in [1.82, 2.24) is 0 Å². The number of anilines is 1. The zero-order chi connectivity index (χ0) is 12.4. The van der Waals surface area contributed by atoms with Crippen LogP contribution in [0.15, 0.2) is 30.4 Å². The first-order valence-corrected chi connectivity index (χ1v) is 5.86. The molecule has 1 aromatic carbocycles.